The molecule has 0 aromatic heterocycles. The van der Waals surface area contributed by atoms with Crippen LogP contribution < -0.4 is 24.8 Å². The van der Waals surface area contributed by atoms with Crippen molar-refractivity contribution in [1.82, 2.24) is 0 Å². The van der Waals surface area contributed by atoms with E-state index in [2.05, 4.69) is 145 Å². The summed E-state index contributed by atoms with van der Waals surface area (Å²) >= 11 is 0. The van der Waals surface area contributed by atoms with E-state index in [4.69, 9.17) is 0 Å². The molecule has 0 unspecified atom stereocenters. The Kier molecular flexibility index (Phi) is 12.0. The Bertz CT molecular complexity index is 1740. The molecule has 0 atom stereocenters. The van der Waals surface area contributed by atoms with Crippen molar-refractivity contribution in [3.63, 3.8) is 0 Å². The summed E-state index contributed by atoms with van der Waals surface area (Å²) in [4.78, 5) is 0. The van der Waals surface area contributed by atoms with E-state index < -0.39 is 0 Å². The van der Waals surface area contributed by atoms with Crippen LogP contribution in [0.5, 0.6) is 0 Å². The summed E-state index contributed by atoms with van der Waals surface area (Å²) in [6.45, 7) is 33.1. The van der Waals surface area contributed by atoms with E-state index in [1.165, 1.54) is 66.8 Å². The van der Waals surface area contributed by atoms with Gasteiger partial charge in [0.25, 0.3) is 0 Å². The molecule has 0 aliphatic heterocycles. The largest absolute Gasteiger partial charge is 2.00 e. The molecule has 2 aliphatic rings. The van der Waals surface area contributed by atoms with Crippen molar-refractivity contribution < 1.29 is 51.0 Å². The number of hydrogen-bond donors (Lipinski definition) is 0. The number of benzene rings is 4. The Morgan fingerprint density at radius 3 is 1.08 bits per heavy atom. The van der Waals surface area contributed by atoms with Crippen LogP contribution in [0.2, 0.25) is 0 Å². The van der Waals surface area contributed by atoms with Gasteiger partial charge in [-0.05, 0) is 150 Å². The van der Waals surface area contributed by atoms with Gasteiger partial charge < -0.3 is 24.8 Å². The molecule has 0 fully saturated rings. The summed E-state index contributed by atoms with van der Waals surface area (Å²) in [7, 11) is 0. The van der Waals surface area contributed by atoms with Gasteiger partial charge in [-0.1, -0.05) is 132 Å². The first-order valence-electron chi connectivity index (χ1n) is 17.8. The zero-order valence-corrected chi connectivity index (χ0v) is 36.7. The molecule has 4 aromatic carbocycles. The van der Waals surface area contributed by atoms with Crippen LogP contribution >= 0.6 is 0 Å². The minimum absolute atomic E-state index is 0. The fourth-order valence-electron chi connectivity index (χ4n) is 8.44. The Morgan fingerprint density at radius 1 is 0.469 bits per heavy atom. The average Bonchev–Trinajstić information content (AvgIpc) is 3.50. The number of hydrogen-bond acceptors (Lipinski definition) is 0. The van der Waals surface area contributed by atoms with E-state index >= 15 is 0 Å². The molecule has 0 saturated carbocycles. The van der Waals surface area contributed by atoms with Gasteiger partial charge in [-0.25, -0.2) is 0 Å². The predicted molar refractivity (Wildman–Crippen MR) is 201 cm³/mol. The zero-order valence-electron chi connectivity index (χ0n) is 32.7. The first-order valence-corrected chi connectivity index (χ1v) is 17.8. The molecule has 0 N–H and O–H groups in total. The first kappa shape index (κ1) is 41.8. The number of fused-ring (bicyclic) bond motifs is 6. The fraction of sp³-hybridized carbons (Fsp3) is 0.478. The summed E-state index contributed by atoms with van der Waals surface area (Å²) < 4.78 is 0. The standard InChI is InChI=1S/C46H58.2ClH.Zr/c1-27-21-39(45(9,10)11)35(37-25-29-23-31(43(3,4)5)15-17-33(29)41(27)37)19-20-36-38-26-30-24-32(44(6,7)8)16-18-34(30)42(38)28(2)22-40(36)46(12,13)14;;;/h15-18,21-24H,19-20,25-26H2,1-14H3;2*1H;/q;;;+2/p-2. The van der Waals surface area contributed by atoms with Crippen LogP contribution in [-0.2, 0) is 73.5 Å². The molecule has 0 heterocycles. The molecule has 0 bridgehead atoms. The first-order chi connectivity index (χ1) is 21.2. The van der Waals surface area contributed by atoms with E-state index in [0.717, 1.165) is 25.7 Å². The molecule has 49 heavy (non-hydrogen) atoms. The minimum atomic E-state index is 0. The van der Waals surface area contributed by atoms with Crippen molar-refractivity contribution in [2.24, 2.45) is 0 Å². The third-order valence-electron chi connectivity index (χ3n) is 10.9. The van der Waals surface area contributed by atoms with Gasteiger partial charge in [-0.15, -0.1) is 0 Å². The maximum atomic E-state index is 2.54. The Morgan fingerprint density at radius 2 is 0.796 bits per heavy atom. The molecular weight excluding hydrogens is 715 g/mol. The summed E-state index contributed by atoms with van der Waals surface area (Å²) in [5.41, 5.74) is 24.6. The van der Waals surface area contributed by atoms with Crippen LogP contribution in [0.3, 0.4) is 0 Å². The van der Waals surface area contributed by atoms with E-state index in [1.807, 2.05) is 0 Å². The maximum absolute atomic E-state index is 2.54. The second-order valence-electron chi connectivity index (χ2n) is 18.7. The zero-order chi connectivity index (χ0) is 33.7. The molecule has 0 saturated heterocycles. The monoisotopic (exact) mass is 770 g/mol. The summed E-state index contributed by atoms with van der Waals surface area (Å²) in [5.74, 6) is 0. The van der Waals surface area contributed by atoms with E-state index in [-0.39, 0.29) is 72.7 Å². The third-order valence-corrected chi connectivity index (χ3v) is 10.9. The van der Waals surface area contributed by atoms with Crippen LogP contribution in [-0.4, -0.2) is 0 Å². The van der Waals surface area contributed by atoms with Gasteiger partial charge in [0.05, 0.1) is 0 Å². The predicted octanol–water partition coefficient (Wildman–Crippen LogP) is 6.43. The maximum Gasteiger partial charge on any atom is 2.00 e. The fourth-order valence-corrected chi connectivity index (χ4v) is 8.44. The molecule has 260 valence electrons. The number of rotatable bonds is 3. The van der Waals surface area contributed by atoms with Crippen LogP contribution in [0, 0.1) is 13.8 Å². The topological polar surface area (TPSA) is 0 Å². The molecule has 2 aliphatic carbocycles. The molecule has 0 spiro atoms. The third kappa shape index (κ3) is 7.62. The molecule has 0 nitrogen and oxygen atoms in total. The van der Waals surface area contributed by atoms with Gasteiger partial charge in [0.2, 0.25) is 0 Å². The van der Waals surface area contributed by atoms with Crippen LogP contribution in [0.15, 0.2) is 48.5 Å². The molecule has 3 heteroatoms. The summed E-state index contributed by atoms with van der Waals surface area (Å²) in [6.07, 6.45) is 4.26. The van der Waals surface area contributed by atoms with Crippen molar-refractivity contribution >= 4 is 0 Å². The van der Waals surface area contributed by atoms with E-state index in [0.29, 0.717) is 0 Å². The number of halogens is 2. The van der Waals surface area contributed by atoms with Crippen molar-refractivity contribution in [2.45, 2.75) is 144 Å². The van der Waals surface area contributed by atoms with Crippen LogP contribution in [0.25, 0.3) is 22.3 Å². The van der Waals surface area contributed by atoms with Gasteiger partial charge in [-0.2, -0.15) is 0 Å². The minimum Gasteiger partial charge on any atom is -1.00 e. The summed E-state index contributed by atoms with van der Waals surface area (Å²) in [5, 5.41) is 0. The van der Waals surface area contributed by atoms with Gasteiger partial charge in [-0.3, -0.25) is 0 Å². The van der Waals surface area contributed by atoms with Crippen LogP contribution in [0.1, 0.15) is 150 Å². The van der Waals surface area contributed by atoms with Gasteiger partial charge in [0.15, 0.2) is 0 Å². The normalized spacial score (nSPS) is 13.4. The van der Waals surface area contributed by atoms with Crippen molar-refractivity contribution in [2.75, 3.05) is 0 Å². The Hall–Kier alpha value is -1.66. The Labute approximate surface area is 330 Å². The van der Waals surface area contributed by atoms with Crippen molar-refractivity contribution in [1.29, 1.82) is 0 Å². The number of aryl methyl sites for hydroxylation is 2. The average molecular weight is 773 g/mol. The van der Waals surface area contributed by atoms with Crippen LogP contribution in [0.4, 0.5) is 0 Å². The van der Waals surface area contributed by atoms with Gasteiger partial charge >= 0.3 is 26.2 Å². The smallest absolute Gasteiger partial charge is 1.00 e. The SMILES string of the molecule is Cc1cc(C(C)(C)C)c(CCc2c(C(C)(C)C)cc(C)c3c2Cc2cc(C(C)(C)C)ccc2-3)c2c1-c1ccc(C(C)(C)C)cc1C2.[Cl-].[Cl-].[Zr+2]. The van der Waals surface area contributed by atoms with E-state index in [9.17, 15) is 0 Å². The molecule has 4 aromatic rings. The molecule has 0 amide bonds. The van der Waals surface area contributed by atoms with E-state index in [1.54, 1.807) is 22.3 Å². The Balaban J connectivity index is 0.00000217. The van der Waals surface area contributed by atoms with Crippen molar-refractivity contribution in [3.8, 4) is 22.3 Å². The molecule has 0 radical (unpaired) electrons. The second kappa shape index (κ2) is 14.1. The molecular formula is C46H58Cl2Zr. The van der Waals surface area contributed by atoms with Gasteiger partial charge in [0, 0.05) is 0 Å². The van der Waals surface area contributed by atoms with Gasteiger partial charge in [0.1, 0.15) is 0 Å². The quantitative estimate of drug-likeness (QED) is 0.195. The van der Waals surface area contributed by atoms with Crippen molar-refractivity contribution in [3.05, 3.63) is 115 Å². The second-order valence-corrected chi connectivity index (χ2v) is 18.7. The molecule has 6 rings (SSSR count). The summed E-state index contributed by atoms with van der Waals surface area (Å²) in [6, 6.07) is 19.7.